The van der Waals surface area contributed by atoms with Gasteiger partial charge in [-0.2, -0.15) is 0 Å². The molecule has 2 atom stereocenters. The summed E-state index contributed by atoms with van der Waals surface area (Å²) in [5, 5.41) is 3.09. The molecule has 0 bridgehead atoms. The maximum Gasteiger partial charge on any atom is 0.220 e. The number of hydrogen-bond acceptors (Lipinski definition) is 4. The van der Waals surface area contributed by atoms with Gasteiger partial charge in [0.15, 0.2) is 0 Å². The van der Waals surface area contributed by atoms with Crippen LogP contribution in [0.4, 0.5) is 0 Å². The quantitative estimate of drug-likeness (QED) is 0.830. The van der Waals surface area contributed by atoms with Crippen molar-refractivity contribution in [1.82, 2.24) is 10.2 Å². The van der Waals surface area contributed by atoms with Crippen molar-refractivity contribution in [2.75, 3.05) is 32.8 Å². The molecule has 0 radical (unpaired) electrons. The monoisotopic (exact) mass is 354 g/mol. The summed E-state index contributed by atoms with van der Waals surface area (Å²) in [5.74, 6) is 1.54. The zero-order chi connectivity index (χ0) is 17.8. The van der Waals surface area contributed by atoms with Gasteiger partial charge in [-0.3, -0.25) is 9.69 Å². The molecule has 1 aromatic carbocycles. The minimum absolute atomic E-state index is 0.0522. The molecule has 2 fully saturated rings. The van der Waals surface area contributed by atoms with Crippen molar-refractivity contribution in [3.8, 4) is 0 Å². The average Bonchev–Trinajstić information content (AvgIpc) is 3.32. The van der Waals surface area contributed by atoms with E-state index in [1.807, 2.05) is 30.3 Å². The lowest BCUT2D eigenvalue weighted by molar-refractivity contribution is -0.123. The molecule has 3 heterocycles. The SMILES string of the molecule is O=C(C[C@]12COC[C@H]1CN(Cc1ccco1)C2)NCCc1ccccc1. The van der Waals surface area contributed by atoms with Gasteiger partial charge in [-0.25, -0.2) is 0 Å². The van der Waals surface area contributed by atoms with Gasteiger partial charge in [0.1, 0.15) is 5.76 Å². The van der Waals surface area contributed by atoms with Crippen molar-refractivity contribution in [2.45, 2.75) is 19.4 Å². The summed E-state index contributed by atoms with van der Waals surface area (Å²) >= 11 is 0. The number of carbonyl (C=O) groups is 1. The number of amides is 1. The molecule has 0 unspecified atom stereocenters. The van der Waals surface area contributed by atoms with Crippen LogP contribution in [0.3, 0.4) is 0 Å². The van der Waals surface area contributed by atoms with Gasteiger partial charge in [0.2, 0.25) is 5.91 Å². The number of furan rings is 1. The number of carbonyl (C=O) groups excluding carboxylic acids is 1. The molecule has 5 heteroatoms. The smallest absolute Gasteiger partial charge is 0.220 e. The lowest BCUT2D eigenvalue weighted by Crippen LogP contribution is -2.38. The number of benzene rings is 1. The molecule has 1 amide bonds. The number of hydrogen-bond donors (Lipinski definition) is 1. The molecule has 138 valence electrons. The van der Waals surface area contributed by atoms with Gasteiger partial charge in [0.05, 0.1) is 26.0 Å². The molecule has 0 saturated carbocycles. The van der Waals surface area contributed by atoms with E-state index in [0.29, 0.717) is 25.5 Å². The number of nitrogens with one attached hydrogen (secondary N) is 1. The van der Waals surface area contributed by atoms with Crippen molar-refractivity contribution >= 4 is 5.91 Å². The van der Waals surface area contributed by atoms with Crippen molar-refractivity contribution in [3.63, 3.8) is 0 Å². The van der Waals surface area contributed by atoms with Gasteiger partial charge in [0.25, 0.3) is 0 Å². The van der Waals surface area contributed by atoms with E-state index in [1.54, 1.807) is 6.26 Å². The Balaban J connectivity index is 1.30. The highest BCUT2D eigenvalue weighted by Gasteiger charge is 2.51. The van der Waals surface area contributed by atoms with Gasteiger partial charge in [0, 0.05) is 37.4 Å². The van der Waals surface area contributed by atoms with Crippen molar-refractivity contribution < 1.29 is 13.9 Å². The van der Waals surface area contributed by atoms with Crippen LogP contribution in [0, 0.1) is 11.3 Å². The molecule has 2 saturated heterocycles. The largest absolute Gasteiger partial charge is 0.468 e. The molecule has 2 aromatic rings. The number of likely N-dealkylation sites (tertiary alicyclic amines) is 1. The van der Waals surface area contributed by atoms with Gasteiger partial charge in [-0.05, 0) is 24.1 Å². The molecule has 26 heavy (non-hydrogen) atoms. The van der Waals surface area contributed by atoms with Gasteiger partial charge < -0.3 is 14.5 Å². The fourth-order valence-corrected chi connectivity index (χ4v) is 4.31. The second kappa shape index (κ2) is 7.64. The predicted octanol–water partition coefficient (Wildman–Crippen LogP) is 2.48. The summed E-state index contributed by atoms with van der Waals surface area (Å²) in [5.41, 5.74) is 1.20. The zero-order valence-electron chi connectivity index (χ0n) is 15.0. The zero-order valence-corrected chi connectivity index (χ0v) is 15.0. The Morgan fingerprint density at radius 2 is 2.12 bits per heavy atom. The Hall–Kier alpha value is -2.11. The second-order valence-corrected chi connectivity index (χ2v) is 7.59. The highest BCUT2D eigenvalue weighted by molar-refractivity contribution is 5.77. The van der Waals surface area contributed by atoms with E-state index in [4.69, 9.17) is 9.15 Å². The Morgan fingerprint density at radius 3 is 2.92 bits per heavy atom. The lowest BCUT2D eigenvalue weighted by Gasteiger charge is -2.26. The first-order valence-corrected chi connectivity index (χ1v) is 9.37. The number of rotatable bonds is 7. The Labute approximate surface area is 154 Å². The fraction of sp³-hybridized carbons (Fsp3) is 0.476. The molecule has 5 nitrogen and oxygen atoms in total. The normalized spacial score (nSPS) is 25.3. The first-order chi connectivity index (χ1) is 12.7. The van der Waals surface area contributed by atoms with E-state index in [2.05, 4.69) is 22.3 Å². The van der Waals surface area contributed by atoms with Crippen LogP contribution in [0.15, 0.2) is 53.1 Å². The average molecular weight is 354 g/mol. The van der Waals surface area contributed by atoms with Crippen LogP contribution in [-0.4, -0.2) is 43.7 Å². The van der Waals surface area contributed by atoms with Crippen molar-refractivity contribution in [1.29, 1.82) is 0 Å². The summed E-state index contributed by atoms with van der Waals surface area (Å²) in [4.78, 5) is 14.9. The van der Waals surface area contributed by atoms with E-state index in [9.17, 15) is 4.79 Å². The summed E-state index contributed by atoms with van der Waals surface area (Å²) in [6.07, 6.45) is 3.12. The van der Waals surface area contributed by atoms with Crippen LogP contribution in [0.5, 0.6) is 0 Å². The number of ether oxygens (including phenoxy) is 1. The van der Waals surface area contributed by atoms with E-state index in [-0.39, 0.29) is 11.3 Å². The third-order valence-electron chi connectivity index (χ3n) is 5.64. The van der Waals surface area contributed by atoms with E-state index >= 15 is 0 Å². The van der Waals surface area contributed by atoms with Crippen LogP contribution in [0.25, 0.3) is 0 Å². The van der Waals surface area contributed by atoms with E-state index < -0.39 is 0 Å². The Bertz CT molecular complexity index is 716. The fourth-order valence-electron chi connectivity index (χ4n) is 4.31. The molecule has 2 aliphatic rings. The first-order valence-electron chi connectivity index (χ1n) is 9.37. The molecule has 2 aliphatic heterocycles. The van der Waals surface area contributed by atoms with E-state index in [0.717, 1.165) is 38.4 Å². The molecule has 0 aliphatic carbocycles. The topological polar surface area (TPSA) is 54.7 Å². The van der Waals surface area contributed by atoms with Crippen molar-refractivity contribution in [3.05, 3.63) is 60.1 Å². The third kappa shape index (κ3) is 3.84. The minimum Gasteiger partial charge on any atom is -0.468 e. The maximum absolute atomic E-state index is 12.5. The summed E-state index contributed by atoms with van der Waals surface area (Å²) in [6.45, 7) is 4.79. The molecule has 4 rings (SSSR count). The van der Waals surface area contributed by atoms with Crippen LogP contribution in [-0.2, 0) is 22.5 Å². The molecule has 0 spiro atoms. The number of nitrogens with zero attached hydrogens (tertiary/aromatic N) is 1. The summed E-state index contributed by atoms with van der Waals surface area (Å²) < 4.78 is 11.2. The van der Waals surface area contributed by atoms with E-state index in [1.165, 1.54) is 5.56 Å². The molecular weight excluding hydrogens is 328 g/mol. The highest BCUT2D eigenvalue weighted by atomic mass is 16.5. The van der Waals surface area contributed by atoms with Crippen LogP contribution < -0.4 is 5.32 Å². The summed E-state index contributed by atoms with van der Waals surface area (Å²) in [7, 11) is 0. The van der Waals surface area contributed by atoms with Gasteiger partial charge in [-0.1, -0.05) is 30.3 Å². The van der Waals surface area contributed by atoms with Crippen molar-refractivity contribution in [2.24, 2.45) is 11.3 Å². The first kappa shape index (κ1) is 17.3. The predicted molar refractivity (Wildman–Crippen MR) is 98.5 cm³/mol. The van der Waals surface area contributed by atoms with Crippen LogP contribution in [0.1, 0.15) is 17.7 Å². The standard InChI is InChI=1S/C21H26N2O3/c24-20(22-9-8-17-5-2-1-3-6-17)11-21-15-23(12-18(21)14-25-16-21)13-19-7-4-10-26-19/h1-7,10,18H,8-9,11-16H2,(H,22,24)/t18-,21+/m1/s1. The molecule has 1 aromatic heterocycles. The third-order valence-corrected chi connectivity index (χ3v) is 5.64. The number of fused-ring (bicyclic) bond motifs is 1. The second-order valence-electron chi connectivity index (χ2n) is 7.59. The Morgan fingerprint density at radius 1 is 1.23 bits per heavy atom. The van der Waals surface area contributed by atoms with Crippen LogP contribution >= 0.6 is 0 Å². The maximum atomic E-state index is 12.5. The highest BCUT2D eigenvalue weighted by Crippen LogP contribution is 2.44. The summed E-state index contributed by atoms with van der Waals surface area (Å²) in [6, 6.07) is 14.2. The molecular formula is C21H26N2O3. The Kier molecular flexibility index (Phi) is 5.09. The van der Waals surface area contributed by atoms with Gasteiger partial charge >= 0.3 is 0 Å². The lowest BCUT2D eigenvalue weighted by atomic mass is 9.78. The van der Waals surface area contributed by atoms with Crippen LogP contribution in [0.2, 0.25) is 0 Å². The minimum atomic E-state index is -0.0522. The van der Waals surface area contributed by atoms with Gasteiger partial charge in [-0.15, -0.1) is 0 Å². The molecule has 1 N–H and O–H groups in total.